The highest BCUT2D eigenvalue weighted by atomic mass is 16.3. The molecule has 0 aliphatic carbocycles. The van der Waals surface area contributed by atoms with Crippen LogP contribution in [0.2, 0.25) is 0 Å². The van der Waals surface area contributed by atoms with Gasteiger partial charge in [0, 0.05) is 11.8 Å². The topological polar surface area (TPSA) is 93.6 Å². The molecule has 0 radical (unpaired) electrons. The van der Waals surface area contributed by atoms with Crippen molar-refractivity contribution in [1.29, 1.82) is 0 Å². The van der Waals surface area contributed by atoms with Crippen molar-refractivity contribution in [2.24, 2.45) is 0 Å². The van der Waals surface area contributed by atoms with Crippen molar-refractivity contribution in [2.75, 3.05) is 0 Å². The number of H-pyrrole nitrogens is 1. The molecule has 0 atom stereocenters. The molecule has 5 nitrogen and oxygen atoms in total. The number of pyridine rings is 1. The minimum atomic E-state index is -0.841. The zero-order chi connectivity index (χ0) is 15.0. The molecule has 1 aromatic heterocycles. The third kappa shape index (κ3) is 2.18. The van der Waals surface area contributed by atoms with Gasteiger partial charge in [-0.25, -0.2) is 0 Å². The SMILES string of the molecule is O=c1[nH]c(O)c2ccc(Cc3ccccc3)c(O)c2c1O. The van der Waals surface area contributed by atoms with Crippen LogP contribution >= 0.6 is 0 Å². The van der Waals surface area contributed by atoms with Crippen LogP contribution in [0.4, 0.5) is 0 Å². The van der Waals surface area contributed by atoms with Gasteiger partial charge in [0.05, 0.1) is 5.39 Å². The summed E-state index contributed by atoms with van der Waals surface area (Å²) < 4.78 is 0. The van der Waals surface area contributed by atoms with Gasteiger partial charge in [-0.2, -0.15) is 0 Å². The number of nitrogens with one attached hydrogen (secondary N) is 1. The van der Waals surface area contributed by atoms with Gasteiger partial charge in [-0.15, -0.1) is 0 Å². The summed E-state index contributed by atoms with van der Waals surface area (Å²) in [5.41, 5.74) is 0.710. The van der Waals surface area contributed by atoms with Gasteiger partial charge in [0.25, 0.3) is 5.56 Å². The molecule has 0 bridgehead atoms. The maximum Gasteiger partial charge on any atom is 0.293 e. The smallest absolute Gasteiger partial charge is 0.293 e. The van der Waals surface area contributed by atoms with Crippen LogP contribution in [0.3, 0.4) is 0 Å². The summed E-state index contributed by atoms with van der Waals surface area (Å²) in [6.07, 6.45) is 0.454. The lowest BCUT2D eigenvalue weighted by atomic mass is 10.00. The van der Waals surface area contributed by atoms with Gasteiger partial charge >= 0.3 is 0 Å². The van der Waals surface area contributed by atoms with E-state index in [0.717, 1.165) is 5.56 Å². The van der Waals surface area contributed by atoms with Crippen LogP contribution in [-0.4, -0.2) is 20.3 Å². The predicted octanol–water partition coefficient (Wildman–Crippen LogP) is 2.24. The monoisotopic (exact) mass is 283 g/mol. The van der Waals surface area contributed by atoms with Crippen molar-refractivity contribution in [3.63, 3.8) is 0 Å². The Hall–Kier alpha value is -2.95. The van der Waals surface area contributed by atoms with E-state index >= 15 is 0 Å². The summed E-state index contributed by atoms with van der Waals surface area (Å²) in [6.45, 7) is 0. The molecule has 21 heavy (non-hydrogen) atoms. The lowest BCUT2D eigenvalue weighted by molar-refractivity contribution is 0.438. The Kier molecular flexibility index (Phi) is 3.02. The maximum atomic E-state index is 11.5. The molecule has 3 aromatic rings. The van der Waals surface area contributed by atoms with Gasteiger partial charge in [0.15, 0.2) is 11.6 Å². The van der Waals surface area contributed by atoms with E-state index in [4.69, 9.17) is 0 Å². The molecule has 106 valence electrons. The van der Waals surface area contributed by atoms with Crippen LogP contribution in [0.15, 0.2) is 47.3 Å². The van der Waals surface area contributed by atoms with Gasteiger partial charge in [-0.1, -0.05) is 36.4 Å². The maximum absolute atomic E-state index is 11.5. The predicted molar refractivity (Wildman–Crippen MR) is 78.8 cm³/mol. The second-order valence-electron chi connectivity index (χ2n) is 4.81. The minimum absolute atomic E-state index is 0.0373. The van der Waals surface area contributed by atoms with Crippen molar-refractivity contribution < 1.29 is 15.3 Å². The Labute approximate surface area is 119 Å². The average molecular weight is 283 g/mol. The minimum Gasteiger partial charge on any atom is -0.507 e. The highest BCUT2D eigenvalue weighted by Crippen LogP contribution is 2.37. The van der Waals surface area contributed by atoms with Crippen molar-refractivity contribution in [3.8, 4) is 17.4 Å². The summed E-state index contributed by atoms with van der Waals surface area (Å²) in [5.74, 6) is -1.18. The second kappa shape index (κ2) is 4.86. The lowest BCUT2D eigenvalue weighted by Gasteiger charge is -2.10. The van der Waals surface area contributed by atoms with Crippen molar-refractivity contribution in [3.05, 3.63) is 63.9 Å². The number of fused-ring (bicyclic) bond motifs is 1. The Morgan fingerprint density at radius 3 is 2.33 bits per heavy atom. The fourth-order valence-corrected chi connectivity index (χ4v) is 2.38. The fourth-order valence-electron chi connectivity index (χ4n) is 2.38. The largest absolute Gasteiger partial charge is 0.507 e. The molecule has 0 fully saturated rings. The number of phenolic OH excluding ortho intramolecular Hbond substituents is 1. The van der Waals surface area contributed by atoms with Gasteiger partial charge in [0.1, 0.15) is 5.75 Å². The summed E-state index contributed by atoms with van der Waals surface area (Å²) in [5, 5.41) is 30.0. The van der Waals surface area contributed by atoms with Gasteiger partial charge < -0.3 is 15.3 Å². The summed E-state index contributed by atoms with van der Waals surface area (Å²) in [6, 6.07) is 12.7. The number of hydrogen-bond acceptors (Lipinski definition) is 4. The number of phenols is 1. The number of aromatic hydroxyl groups is 3. The molecule has 0 saturated heterocycles. The number of hydrogen-bond donors (Lipinski definition) is 4. The number of aromatic nitrogens is 1. The summed E-state index contributed by atoms with van der Waals surface area (Å²) >= 11 is 0. The molecule has 0 aliphatic heterocycles. The molecular weight excluding hydrogens is 270 g/mol. The first-order valence-electron chi connectivity index (χ1n) is 6.40. The molecule has 0 unspecified atom stereocenters. The summed E-state index contributed by atoms with van der Waals surface area (Å²) in [4.78, 5) is 13.6. The van der Waals surface area contributed by atoms with Crippen LogP contribution in [0, 0.1) is 0 Å². The first kappa shape index (κ1) is 13.1. The first-order valence-corrected chi connectivity index (χ1v) is 6.40. The van der Waals surface area contributed by atoms with E-state index in [9.17, 15) is 20.1 Å². The molecule has 0 amide bonds. The van der Waals surface area contributed by atoms with Crippen LogP contribution in [0.1, 0.15) is 11.1 Å². The van der Waals surface area contributed by atoms with E-state index in [0.29, 0.717) is 12.0 Å². The van der Waals surface area contributed by atoms with Crippen LogP contribution in [0.25, 0.3) is 10.8 Å². The van der Waals surface area contributed by atoms with E-state index in [2.05, 4.69) is 4.98 Å². The third-order valence-corrected chi connectivity index (χ3v) is 3.44. The molecule has 0 spiro atoms. The normalized spacial score (nSPS) is 10.9. The van der Waals surface area contributed by atoms with Crippen molar-refractivity contribution in [1.82, 2.24) is 4.98 Å². The first-order chi connectivity index (χ1) is 10.1. The zero-order valence-corrected chi connectivity index (χ0v) is 11.0. The van der Waals surface area contributed by atoms with E-state index in [-0.39, 0.29) is 22.4 Å². The molecular formula is C16H13NO4. The standard InChI is InChI=1S/C16H13NO4/c18-13-10(8-9-4-2-1-3-5-9)6-7-11-12(13)14(19)16(21)17-15(11)20/h1-7,18-19H,8H2,(H2,17,20,21). The quantitative estimate of drug-likeness (QED) is 0.580. The van der Waals surface area contributed by atoms with Crippen LogP contribution < -0.4 is 5.56 Å². The average Bonchev–Trinajstić information content (AvgIpc) is 2.48. The van der Waals surface area contributed by atoms with E-state index in [1.165, 1.54) is 0 Å². The molecule has 1 heterocycles. The highest BCUT2D eigenvalue weighted by molar-refractivity contribution is 5.96. The van der Waals surface area contributed by atoms with Gasteiger partial charge in [-0.3, -0.25) is 9.78 Å². The number of benzene rings is 2. The summed E-state index contributed by atoms with van der Waals surface area (Å²) in [7, 11) is 0. The fraction of sp³-hybridized carbons (Fsp3) is 0.0625. The third-order valence-electron chi connectivity index (χ3n) is 3.44. The number of rotatable bonds is 2. The van der Waals surface area contributed by atoms with Crippen LogP contribution in [-0.2, 0) is 6.42 Å². The Balaban J connectivity index is 2.21. The zero-order valence-electron chi connectivity index (χ0n) is 11.0. The number of aromatic amines is 1. The Bertz CT molecular complexity index is 869. The van der Waals surface area contributed by atoms with Crippen molar-refractivity contribution in [2.45, 2.75) is 6.42 Å². The molecule has 3 rings (SSSR count). The Morgan fingerprint density at radius 2 is 1.62 bits per heavy atom. The molecule has 0 aliphatic rings. The van der Waals surface area contributed by atoms with Crippen molar-refractivity contribution >= 4 is 10.8 Å². The molecule has 0 saturated carbocycles. The van der Waals surface area contributed by atoms with Crippen LogP contribution in [0.5, 0.6) is 17.4 Å². The highest BCUT2D eigenvalue weighted by Gasteiger charge is 2.16. The van der Waals surface area contributed by atoms with E-state index in [1.54, 1.807) is 12.1 Å². The molecule has 4 N–H and O–H groups in total. The second-order valence-corrected chi connectivity index (χ2v) is 4.81. The van der Waals surface area contributed by atoms with E-state index in [1.807, 2.05) is 30.3 Å². The molecule has 2 aromatic carbocycles. The van der Waals surface area contributed by atoms with Gasteiger partial charge in [0.2, 0.25) is 0 Å². The molecule has 5 heteroatoms. The van der Waals surface area contributed by atoms with E-state index < -0.39 is 11.3 Å². The Morgan fingerprint density at radius 1 is 0.905 bits per heavy atom. The van der Waals surface area contributed by atoms with Gasteiger partial charge in [-0.05, 0) is 17.2 Å². The lowest BCUT2D eigenvalue weighted by Crippen LogP contribution is -2.05.